The third-order valence-corrected chi connectivity index (χ3v) is 4.43. The molecule has 0 aromatic heterocycles. The largest absolute Gasteiger partial charge is 0.302 e. The highest BCUT2D eigenvalue weighted by molar-refractivity contribution is 5.22. The van der Waals surface area contributed by atoms with Gasteiger partial charge in [0.2, 0.25) is 0 Å². The molecule has 1 aromatic rings. The Hall–Kier alpha value is -1.04. The fraction of sp³-hybridized carbons (Fsp3) is 0.600. The standard InChI is InChI=1S/C15H25F2N3/c1-5-15(6-2,20(3)4)14(19-18)10-11-12(16)8-7-9-13(11)17/h7-9,14,19H,5-6,10,18H2,1-4H3. The van der Waals surface area contributed by atoms with Crippen molar-refractivity contribution in [3.05, 3.63) is 35.4 Å². The lowest BCUT2D eigenvalue weighted by atomic mass is 9.80. The lowest BCUT2D eigenvalue weighted by Gasteiger charge is -2.45. The Kier molecular flexibility index (Phi) is 6.05. The SMILES string of the molecule is CCC(CC)(C(Cc1c(F)cccc1F)NN)N(C)C. The van der Waals surface area contributed by atoms with Crippen LogP contribution in [0.1, 0.15) is 32.3 Å². The first-order valence-electron chi connectivity index (χ1n) is 6.99. The van der Waals surface area contributed by atoms with Gasteiger partial charge in [-0.3, -0.25) is 11.3 Å². The van der Waals surface area contributed by atoms with Gasteiger partial charge in [-0.2, -0.15) is 0 Å². The second-order valence-electron chi connectivity index (χ2n) is 5.33. The van der Waals surface area contributed by atoms with Crippen molar-refractivity contribution in [3.63, 3.8) is 0 Å². The number of hydrogen-bond acceptors (Lipinski definition) is 3. The average Bonchev–Trinajstić information content (AvgIpc) is 2.42. The van der Waals surface area contributed by atoms with E-state index in [0.29, 0.717) is 0 Å². The molecule has 3 N–H and O–H groups in total. The van der Waals surface area contributed by atoms with Crippen molar-refractivity contribution in [1.82, 2.24) is 10.3 Å². The number of hydrogen-bond donors (Lipinski definition) is 2. The molecule has 1 rings (SSSR count). The minimum Gasteiger partial charge on any atom is -0.302 e. The minimum atomic E-state index is -0.523. The summed E-state index contributed by atoms with van der Waals surface area (Å²) >= 11 is 0. The van der Waals surface area contributed by atoms with Gasteiger partial charge in [0.25, 0.3) is 0 Å². The molecule has 1 atom stereocenters. The Morgan fingerprint density at radius 1 is 1.20 bits per heavy atom. The van der Waals surface area contributed by atoms with Gasteiger partial charge in [-0.1, -0.05) is 19.9 Å². The van der Waals surface area contributed by atoms with Crippen LogP contribution in [0.15, 0.2) is 18.2 Å². The number of rotatable bonds is 7. The van der Waals surface area contributed by atoms with Gasteiger partial charge in [0.15, 0.2) is 0 Å². The van der Waals surface area contributed by atoms with Gasteiger partial charge in [-0.25, -0.2) is 8.78 Å². The monoisotopic (exact) mass is 285 g/mol. The van der Waals surface area contributed by atoms with Crippen molar-refractivity contribution in [2.45, 2.75) is 44.7 Å². The smallest absolute Gasteiger partial charge is 0.129 e. The minimum absolute atomic E-state index is 0.0866. The zero-order valence-electron chi connectivity index (χ0n) is 12.7. The van der Waals surface area contributed by atoms with Crippen molar-refractivity contribution in [2.75, 3.05) is 14.1 Å². The van der Waals surface area contributed by atoms with E-state index in [1.165, 1.54) is 18.2 Å². The van der Waals surface area contributed by atoms with Crippen molar-refractivity contribution in [2.24, 2.45) is 5.84 Å². The van der Waals surface area contributed by atoms with E-state index in [-0.39, 0.29) is 23.6 Å². The fourth-order valence-corrected chi connectivity index (χ4v) is 3.02. The molecule has 0 saturated heterocycles. The molecule has 0 radical (unpaired) electrons. The Morgan fingerprint density at radius 3 is 2.05 bits per heavy atom. The van der Waals surface area contributed by atoms with Crippen LogP contribution in [-0.2, 0) is 6.42 Å². The third-order valence-electron chi connectivity index (χ3n) is 4.43. The molecular formula is C15H25F2N3. The molecule has 0 spiro atoms. The Labute approximate surface area is 120 Å². The van der Waals surface area contributed by atoms with Crippen molar-refractivity contribution in [3.8, 4) is 0 Å². The van der Waals surface area contributed by atoms with E-state index < -0.39 is 11.6 Å². The Balaban J connectivity index is 3.13. The molecule has 0 saturated carbocycles. The summed E-state index contributed by atoms with van der Waals surface area (Å²) < 4.78 is 27.6. The average molecular weight is 285 g/mol. The molecule has 5 heteroatoms. The third kappa shape index (κ3) is 3.16. The zero-order valence-corrected chi connectivity index (χ0v) is 12.7. The summed E-state index contributed by atoms with van der Waals surface area (Å²) in [6, 6.07) is 3.69. The second kappa shape index (κ2) is 7.11. The van der Waals surface area contributed by atoms with E-state index in [0.717, 1.165) is 12.8 Å². The van der Waals surface area contributed by atoms with Crippen LogP contribution in [0.2, 0.25) is 0 Å². The van der Waals surface area contributed by atoms with Crippen molar-refractivity contribution in [1.29, 1.82) is 0 Å². The van der Waals surface area contributed by atoms with Gasteiger partial charge in [-0.15, -0.1) is 0 Å². The van der Waals surface area contributed by atoms with Crippen LogP contribution in [0.4, 0.5) is 8.78 Å². The number of likely N-dealkylation sites (N-methyl/N-ethyl adjacent to an activating group) is 1. The summed E-state index contributed by atoms with van der Waals surface area (Å²) in [5.74, 6) is 4.63. The second-order valence-corrected chi connectivity index (χ2v) is 5.33. The molecule has 3 nitrogen and oxygen atoms in total. The number of nitrogens with zero attached hydrogens (tertiary/aromatic N) is 1. The van der Waals surface area contributed by atoms with Crippen LogP contribution in [0.3, 0.4) is 0 Å². The summed E-state index contributed by atoms with van der Waals surface area (Å²) in [4.78, 5) is 2.08. The lowest BCUT2D eigenvalue weighted by molar-refractivity contribution is 0.0874. The molecular weight excluding hydrogens is 260 g/mol. The normalized spacial score (nSPS) is 13.8. The molecule has 1 unspecified atom stereocenters. The van der Waals surface area contributed by atoms with E-state index in [2.05, 4.69) is 24.2 Å². The predicted octanol–water partition coefficient (Wildman–Crippen LogP) is 2.46. The van der Waals surface area contributed by atoms with Crippen molar-refractivity contribution >= 4 is 0 Å². The van der Waals surface area contributed by atoms with Crippen LogP contribution in [0.5, 0.6) is 0 Å². The lowest BCUT2D eigenvalue weighted by Crippen LogP contribution is -2.61. The first-order chi connectivity index (χ1) is 9.42. The van der Waals surface area contributed by atoms with Gasteiger partial charge in [-0.05, 0) is 45.5 Å². The molecule has 0 aliphatic rings. The van der Waals surface area contributed by atoms with Crippen LogP contribution >= 0.6 is 0 Å². The number of halogens is 2. The van der Waals surface area contributed by atoms with Crippen LogP contribution in [0.25, 0.3) is 0 Å². The molecule has 114 valence electrons. The first kappa shape index (κ1) is 17.0. The quantitative estimate of drug-likeness (QED) is 0.597. The van der Waals surface area contributed by atoms with Crippen molar-refractivity contribution < 1.29 is 8.78 Å². The molecule has 0 amide bonds. The summed E-state index contributed by atoms with van der Waals surface area (Å²) in [6.45, 7) is 4.12. The highest BCUT2D eigenvalue weighted by Gasteiger charge is 2.38. The van der Waals surface area contributed by atoms with Gasteiger partial charge < -0.3 is 4.90 Å². The molecule has 0 bridgehead atoms. The summed E-state index contributed by atoms with van der Waals surface area (Å²) in [5, 5.41) is 0. The topological polar surface area (TPSA) is 41.3 Å². The molecule has 20 heavy (non-hydrogen) atoms. The van der Waals surface area contributed by atoms with E-state index >= 15 is 0 Å². The van der Waals surface area contributed by atoms with E-state index in [4.69, 9.17) is 5.84 Å². The maximum atomic E-state index is 13.8. The summed E-state index contributed by atoms with van der Waals surface area (Å²) in [5.41, 5.74) is 2.59. The van der Waals surface area contributed by atoms with Crippen LogP contribution in [0, 0.1) is 11.6 Å². The highest BCUT2D eigenvalue weighted by atomic mass is 19.1. The highest BCUT2D eigenvalue weighted by Crippen LogP contribution is 2.28. The number of benzene rings is 1. The van der Waals surface area contributed by atoms with Gasteiger partial charge in [0, 0.05) is 17.1 Å². The zero-order chi connectivity index (χ0) is 15.3. The van der Waals surface area contributed by atoms with Gasteiger partial charge in [0.05, 0.1) is 0 Å². The van der Waals surface area contributed by atoms with E-state index in [9.17, 15) is 8.78 Å². The summed E-state index contributed by atoms with van der Waals surface area (Å²) in [6.07, 6.45) is 1.89. The van der Waals surface area contributed by atoms with Gasteiger partial charge in [0.1, 0.15) is 11.6 Å². The first-order valence-corrected chi connectivity index (χ1v) is 6.99. The predicted molar refractivity (Wildman–Crippen MR) is 78.2 cm³/mol. The van der Waals surface area contributed by atoms with Crippen LogP contribution < -0.4 is 11.3 Å². The van der Waals surface area contributed by atoms with Gasteiger partial charge >= 0.3 is 0 Å². The van der Waals surface area contributed by atoms with E-state index in [1.54, 1.807) is 0 Å². The number of hydrazine groups is 1. The molecule has 1 aromatic carbocycles. The molecule has 0 fully saturated rings. The molecule has 0 aliphatic carbocycles. The Morgan fingerprint density at radius 2 is 1.70 bits per heavy atom. The molecule has 0 heterocycles. The van der Waals surface area contributed by atoms with Crippen LogP contribution in [-0.4, -0.2) is 30.6 Å². The fourth-order valence-electron chi connectivity index (χ4n) is 3.02. The Bertz CT molecular complexity index is 411. The number of nitrogens with two attached hydrogens (primary N) is 1. The summed E-state index contributed by atoms with van der Waals surface area (Å²) in [7, 11) is 3.93. The number of nitrogens with one attached hydrogen (secondary N) is 1. The maximum absolute atomic E-state index is 13.8. The maximum Gasteiger partial charge on any atom is 0.129 e. The molecule has 0 aliphatic heterocycles. The van der Waals surface area contributed by atoms with E-state index in [1.807, 2.05) is 14.1 Å².